The van der Waals surface area contributed by atoms with Gasteiger partial charge in [-0.25, -0.2) is 18.3 Å². The van der Waals surface area contributed by atoms with Gasteiger partial charge in [0.1, 0.15) is 12.1 Å². The molecule has 8 nitrogen and oxygen atoms in total. The molecule has 0 aliphatic rings. The van der Waals surface area contributed by atoms with E-state index in [0.29, 0.717) is 16.9 Å². The summed E-state index contributed by atoms with van der Waals surface area (Å²) in [4.78, 5) is 22.0. The van der Waals surface area contributed by atoms with Crippen LogP contribution in [0.15, 0.2) is 47.9 Å². The maximum atomic E-state index is 14.5. The van der Waals surface area contributed by atoms with E-state index >= 15 is 0 Å². The fraction of sp³-hybridized carbons (Fsp3) is 0.391. The average Bonchev–Trinajstić information content (AvgIpc) is 3.22. The van der Waals surface area contributed by atoms with Crippen LogP contribution in [0.25, 0.3) is 5.69 Å². The second-order valence-corrected chi connectivity index (χ2v) is 10.9. The molecular weight excluding hydrogens is 512 g/mol. The molecule has 4 atom stereocenters. The smallest absolute Gasteiger partial charge is 0.363 e. The summed E-state index contributed by atoms with van der Waals surface area (Å²) >= 11 is 6.44. The zero-order valence-electron chi connectivity index (χ0n) is 19.9. The summed E-state index contributed by atoms with van der Waals surface area (Å²) in [7, 11) is 3.50. The normalized spacial score (nSPS) is 16.1. The lowest BCUT2D eigenvalue weighted by atomic mass is 10.1. The first kappa shape index (κ1) is 29.0. The first-order chi connectivity index (χ1) is 16.5. The van der Waals surface area contributed by atoms with E-state index in [1.165, 1.54) is 11.8 Å². The number of methoxy groups -OCH3 is 1. The van der Waals surface area contributed by atoms with E-state index in [4.69, 9.17) is 22.8 Å². The number of quaternary nitrogens is 1. The molecule has 0 aliphatic heterocycles. The van der Waals surface area contributed by atoms with Gasteiger partial charge in [-0.2, -0.15) is 0 Å². The highest BCUT2D eigenvalue weighted by molar-refractivity contribution is 7.85. The van der Waals surface area contributed by atoms with Crippen molar-refractivity contribution in [1.29, 1.82) is 0 Å². The number of amides is 1. The number of ether oxygens (including phenoxy) is 1. The van der Waals surface area contributed by atoms with Gasteiger partial charge in [0.05, 0.1) is 30.9 Å². The monoisotopic (exact) mass is 540 g/mol. The number of hydrogen-bond acceptors (Lipinski definition) is 6. The number of carbonyl (C=O) groups excluding carboxylic acids is 1. The zero-order chi connectivity index (χ0) is 26.2. The number of terminal acetylenes is 1. The van der Waals surface area contributed by atoms with Crippen molar-refractivity contribution in [3.8, 4) is 18.0 Å². The Morgan fingerprint density at radius 2 is 2.26 bits per heavy atom. The van der Waals surface area contributed by atoms with Crippen LogP contribution in [0.5, 0.6) is 0 Å². The minimum atomic E-state index is -1.74. The SMILES string of the molecule is C#CC[N+](C)(C(=O)C(CS(=O)CCC(F)(P)C(=C)C)=NCOC)c1cn(-c2cccnc2)nc1Cl. The summed E-state index contributed by atoms with van der Waals surface area (Å²) in [5, 5.41) is 2.62. The average molecular weight is 541 g/mol. The first-order valence-corrected chi connectivity index (χ1v) is 12.9. The largest absolute Gasteiger partial charge is 0.366 e. The second kappa shape index (κ2) is 12.6. The fourth-order valence-electron chi connectivity index (χ4n) is 3.05. The molecule has 35 heavy (non-hydrogen) atoms. The minimum Gasteiger partial charge on any atom is -0.363 e. The maximum absolute atomic E-state index is 14.5. The Labute approximate surface area is 214 Å². The molecule has 188 valence electrons. The van der Waals surface area contributed by atoms with Gasteiger partial charge in [0, 0.05) is 36.3 Å². The number of allylic oxidation sites excluding steroid dienone is 1. The number of hydrogen-bond donors (Lipinski definition) is 0. The van der Waals surface area contributed by atoms with Crippen LogP contribution < -0.4 is 4.48 Å². The summed E-state index contributed by atoms with van der Waals surface area (Å²) in [5.74, 6) is 1.79. The summed E-state index contributed by atoms with van der Waals surface area (Å²) in [6.07, 6.45) is 10.4. The number of alkyl halides is 1. The number of nitrogens with zero attached hydrogens (tertiary/aromatic N) is 5. The lowest BCUT2D eigenvalue weighted by Gasteiger charge is -2.28. The van der Waals surface area contributed by atoms with Crippen LogP contribution in [0.2, 0.25) is 5.15 Å². The second-order valence-electron chi connectivity index (χ2n) is 8.02. The minimum absolute atomic E-state index is 0.00309. The van der Waals surface area contributed by atoms with Crippen molar-refractivity contribution in [2.45, 2.75) is 18.8 Å². The van der Waals surface area contributed by atoms with Crippen molar-refractivity contribution in [2.24, 2.45) is 4.99 Å². The van der Waals surface area contributed by atoms with Crippen LogP contribution in [0.1, 0.15) is 13.3 Å². The number of pyridine rings is 1. The molecule has 0 saturated carbocycles. The number of halogens is 2. The molecule has 0 bridgehead atoms. The Morgan fingerprint density at radius 1 is 1.54 bits per heavy atom. The van der Waals surface area contributed by atoms with E-state index in [1.54, 1.807) is 44.7 Å². The molecular formula is C23H29ClFN5O3PS+. The van der Waals surface area contributed by atoms with Crippen molar-refractivity contribution in [2.75, 3.05) is 38.9 Å². The molecule has 0 saturated heterocycles. The predicted molar refractivity (Wildman–Crippen MR) is 143 cm³/mol. The lowest BCUT2D eigenvalue weighted by Crippen LogP contribution is -2.55. The van der Waals surface area contributed by atoms with Crippen molar-refractivity contribution in [3.63, 3.8) is 0 Å². The Hall–Kier alpha value is -2.28. The third-order valence-electron chi connectivity index (χ3n) is 5.28. The van der Waals surface area contributed by atoms with Crippen LogP contribution in [0.3, 0.4) is 0 Å². The number of rotatable bonds is 12. The molecule has 12 heteroatoms. The van der Waals surface area contributed by atoms with Gasteiger partial charge in [-0.05, 0) is 30.6 Å². The molecule has 2 rings (SSSR count). The van der Waals surface area contributed by atoms with Crippen LogP contribution in [-0.4, -0.2) is 74.9 Å². The van der Waals surface area contributed by atoms with Crippen molar-refractivity contribution >= 4 is 48.9 Å². The Morgan fingerprint density at radius 3 is 2.83 bits per heavy atom. The maximum Gasteiger partial charge on any atom is 0.366 e. The van der Waals surface area contributed by atoms with Crippen molar-refractivity contribution < 1.29 is 18.1 Å². The molecule has 0 spiro atoms. The van der Waals surface area contributed by atoms with Gasteiger partial charge in [0.25, 0.3) is 0 Å². The van der Waals surface area contributed by atoms with E-state index in [-0.39, 0.29) is 42.1 Å². The molecule has 2 aromatic rings. The molecule has 0 N–H and O–H groups in total. The highest BCUT2D eigenvalue weighted by Crippen LogP contribution is 2.33. The van der Waals surface area contributed by atoms with Gasteiger partial charge in [0.2, 0.25) is 5.15 Å². The summed E-state index contributed by atoms with van der Waals surface area (Å²) < 4.78 is 33.4. The van der Waals surface area contributed by atoms with Crippen LogP contribution in [0, 0.1) is 12.3 Å². The van der Waals surface area contributed by atoms with Gasteiger partial charge in [-0.3, -0.25) is 14.2 Å². The summed E-state index contributed by atoms with van der Waals surface area (Å²) in [5.41, 5.74) is 1.28. The number of aromatic nitrogens is 3. The standard InChI is InChI=1S/C23H29ClFN5O3PS/c1-6-11-30(4,20-14-29(28-21(20)24)18-8-7-10-26-13-18)22(31)19(27-16-33-5)15-35(32)12-9-23(25,34)17(2)3/h1,7-8,10,13-14H,2,9,11-12,15-16,34H2,3-5H3/q+1. The molecule has 0 radical (unpaired) electrons. The Balaban J connectivity index is 2.39. The van der Waals surface area contributed by atoms with Crippen molar-refractivity contribution in [3.05, 3.63) is 48.0 Å². The van der Waals surface area contributed by atoms with Gasteiger partial charge in [0.15, 0.2) is 17.9 Å². The molecule has 2 heterocycles. The molecule has 4 unspecified atom stereocenters. The predicted octanol–water partition coefficient (Wildman–Crippen LogP) is 3.32. The van der Waals surface area contributed by atoms with Gasteiger partial charge in [-0.15, -0.1) is 11.5 Å². The van der Waals surface area contributed by atoms with Gasteiger partial charge < -0.3 is 4.74 Å². The highest BCUT2D eigenvalue weighted by atomic mass is 35.5. The van der Waals surface area contributed by atoms with E-state index < -0.39 is 26.6 Å². The Kier molecular flexibility index (Phi) is 10.4. The summed E-state index contributed by atoms with van der Waals surface area (Å²) in [6, 6.07) is 3.52. The van der Waals surface area contributed by atoms with Crippen molar-refractivity contribution in [1.82, 2.24) is 19.2 Å². The van der Waals surface area contributed by atoms with Crippen LogP contribution in [-0.2, 0) is 20.3 Å². The number of carbonyl (C=O) groups is 1. The highest BCUT2D eigenvalue weighted by Gasteiger charge is 2.41. The molecule has 0 aromatic carbocycles. The molecule has 0 aliphatic carbocycles. The third kappa shape index (κ3) is 7.35. The van der Waals surface area contributed by atoms with E-state index in [0.717, 1.165) is 0 Å². The van der Waals surface area contributed by atoms with Crippen LogP contribution >= 0.6 is 20.8 Å². The fourth-order valence-corrected chi connectivity index (χ4v) is 4.91. The Bertz CT molecular complexity index is 1170. The van der Waals surface area contributed by atoms with Gasteiger partial charge >= 0.3 is 5.91 Å². The molecule has 2 aromatic heterocycles. The summed E-state index contributed by atoms with van der Waals surface area (Å²) in [6.45, 7) is 4.99. The van der Waals surface area contributed by atoms with Crippen LogP contribution in [0.4, 0.5) is 10.1 Å². The van der Waals surface area contributed by atoms with Gasteiger partial charge in [-0.1, -0.05) is 27.4 Å². The molecule has 0 fully saturated rings. The topological polar surface area (TPSA) is 86.4 Å². The first-order valence-electron chi connectivity index (χ1n) is 10.5. The van der Waals surface area contributed by atoms with E-state index in [9.17, 15) is 13.4 Å². The zero-order valence-corrected chi connectivity index (χ0v) is 22.6. The van der Waals surface area contributed by atoms with E-state index in [1.807, 2.05) is 0 Å². The quantitative estimate of drug-likeness (QED) is 0.135. The third-order valence-corrected chi connectivity index (χ3v) is 7.59. The molecule has 1 amide bonds. The lowest BCUT2D eigenvalue weighted by molar-refractivity contribution is -0.121. The van der Waals surface area contributed by atoms with E-state index in [2.05, 4.69) is 36.8 Å². The number of aliphatic imine (C=N–C) groups is 1.